The minimum absolute atomic E-state index is 0.0330. The average Bonchev–Trinajstić information content (AvgIpc) is 2.61. The number of likely N-dealkylation sites (N-methyl/N-ethyl adjacent to an activating group) is 2. The number of nitrogens with one attached hydrogen (secondary N) is 1. The van der Waals surface area contributed by atoms with Crippen LogP contribution in [-0.4, -0.2) is 30.5 Å². The van der Waals surface area contributed by atoms with Crippen LogP contribution in [0.1, 0.15) is 13.8 Å². The molecule has 0 aliphatic carbocycles. The van der Waals surface area contributed by atoms with Crippen molar-refractivity contribution >= 4 is 38.3 Å². The summed E-state index contributed by atoms with van der Waals surface area (Å²) in [6.07, 6.45) is 0. The standard InChI is InChI=1S/C9H14BrN3OS/c1-3-11-8(14)5-13(4-2)9-12-7(10)6-15-9/h6H,3-5H2,1-2H3,(H,11,14). The summed E-state index contributed by atoms with van der Waals surface area (Å²) in [5.74, 6) is 0.0330. The second kappa shape index (κ2) is 6.07. The first kappa shape index (κ1) is 12.4. The zero-order valence-corrected chi connectivity index (χ0v) is 11.2. The van der Waals surface area contributed by atoms with Gasteiger partial charge in [-0.15, -0.1) is 11.3 Å². The average molecular weight is 292 g/mol. The molecule has 1 heterocycles. The molecule has 15 heavy (non-hydrogen) atoms. The highest BCUT2D eigenvalue weighted by Gasteiger charge is 2.12. The van der Waals surface area contributed by atoms with Gasteiger partial charge in [-0.3, -0.25) is 4.79 Å². The molecule has 0 radical (unpaired) electrons. The zero-order valence-electron chi connectivity index (χ0n) is 8.79. The van der Waals surface area contributed by atoms with E-state index in [9.17, 15) is 4.79 Å². The van der Waals surface area contributed by atoms with Gasteiger partial charge in [0.05, 0.1) is 6.54 Å². The molecule has 0 saturated carbocycles. The molecule has 1 N–H and O–H groups in total. The van der Waals surface area contributed by atoms with Crippen LogP contribution in [0.5, 0.6) is 0 Å². The van der Waals surface area contributed by atoms with Crippen LogP contribution in [0.15, 0.2) is 9.98 Å². The highest BCUT2D eigenvalue weighted by molar-refractivity contribution is 9.10. The number of hydrogen-bond acceptors (Lipinski definition) is 4. The lowest BCUT2D eigenvalue weighted by atomic mass is 10.5. The zero-order chi connectivity index (χ0) is 11.3. The number of hydrogen-bond donors (Lipinski definition) is 1. The lowest BCUT2D eigenvalue weighted by Crippen LogP contribution is -2.37. The normalized spacial score (nSPS) is 10.1. The molecule has 0 aromatic carbocycles. The molecule has 1 aromatic rings. The van der Waals surface area contributed by atoms with E-state index >= 15 is 0 Å². The van der Waals surface area contributed by atoms with Crippen LogP contribution in [0.4, 0.5) is 5.13 Å². The van der Waals surface area contributed by atoms with Crippen molar-refractivity contribution in [3.63, 3.8) is 0 Å². The van der Waals surface area contributed by atoms with E-state index in [2.05, 4.69) is 26.2 Å². The number of aromatic nitrogens is 1. The van der Waals surface area contributed by atoms with Gasteiger partial charge in [0.1, 0.15) is 4.60 Å². The van der Waals surface area contributed by atoms with Crippen molar-refractivity contribution in [1.82, 2.24) is 10.3 Å². The summed E-state index contributed by atoms with van der Waals surface area (Å²) in [5.41, 5.74) is 0. The van der Waals surface area contributed by atoms with Crippen LogP contribution in [0, 0.1) is 0 Å². The van der Waals surface area contributed by atoms with Crippen molar-refractivity contribution in [3.8, 4) is 0 Å². The number of carbonyl (C=O) groups is 1. The smallest absolute Gasteiger partial charge is 0.239 e. The van der Waals surface area contributed by atoms with Gasteiger partial charge in [-0.05, 0) is 29.8 Å². The minimum Gasteiger partial charge on any atom is -0.355 e. The minimum atomic E-state index is 0.0330. The van der Waals surface area contributed by atoms with Crippen molar-refractivity contribution < 1.29 is 4.79 Å². The fraction of sp³-hybridized carbons (Fsp3) is 0.556. The molecule has 0 atom stereocenters. The Labute approximate surface area is 102 Å². The third kappa shape index (κ3) is 3.79. The van der Waals surface area contributed by atoms with Gasteiger partial charge in [-0.25, -0.2) is 4.98 Å². The van der Waals surface area contributed by atoms with Gasteiger partial charge in [0.15, 0.2) is 5.13 Å². The van der Waals surface area contributed by atoms with Crippen molar-refractivity contribution in [1.29, 1.82) is 0 Å². The first-order chi connectivity index (χ1) is 7.17. The maximum absolute atomic E-state index is 11.4. The van der Waals surface area contributed by atoms with Crippen LogP contribution in [-0.2, 0) is 4.79 Å². The maximum Gasteiger partial charge on any atom is 0.239 e. The molecule has 1 rings (SSSR count). The number of anilines is 1. The quantitative estimate of drug-likeness (QED) is 0.901. The summed E-state index contributed by atoms with van der Waals surface area (Å²) >= 11 is 4.83. The van der Waals surface area contributed by atoms with E-state index in [-0.39, 0.29) is 5.91 Å². The Morgan fingerprint density at radius 3 is 2.87 bits per heavy atom. The molecule has 1 amide bonds. The summed E-state index contributed by atoms with van der Waals surface area (Å²) in [6, 6.07) is 0. The number of thiazole rings is 1. The predicted molar refractivity (Wildman–Crippen MR) is 66.4 cm³/mol. The first-order valence-electron chi connectivity index (χ1n) is 4.80. The summed E-state index contributed by atoms with van der Waals surface area (Å²) in [6.45, 7) is 5.72. The molecular weight excluding hydrogens is 278 g/mol. The van der Waals surface area contributed by atoms with E-state index in [1.165, 1.54) is 11.3 Å². The maximum atomic E-state index is 11.4. The Kier molecular flexibility index (Phi) is 5.04. The topological polar surface area (TPSA) is 45.2 Å². The largest absolute Gasteiger partial charge is 0.355 e. The number of rotatable bonds is 5. The molecule has 0 fully saturated rings. The molecule has 0 aliphatic rings. The lowest BCUT2D eigenvalue weighted by Gasteiger charge is -2.18. The number of nitrogens with zero attached hydrogens (tertiary/aromatic N) is 2. The van der Waals surface area contributed by atoms with Crippen molar-refractivity contribution in [2.75, 3.05) is 24.5 Å². The van der Waals surface area contributed by atoms with Crippen molar-refractivity contribution in [2.45, 2.75) is 13.8 Å². The SMILES string of the molecule is CCNC(=O)CN(CC)c1nc(Br)cs1. The number of halogens is 1. The predicted octanol–water partition coefficient (Wildman–Crippen LogP) is 1.87. The summed E-state index contributed by atoms with van der Waals surface area (Å²) < 4.78 is 0.817. The molecule has 0 unspecified atom stereocenters. The lowest BCUT2D eigenvalue weighted by molar-refractivity contribution is -0.119. The van der Waals surface area contributed by atoms with Gasteiger partial charge >= 0.3 is 0 Å². The van der Waals surface area contributed by atoms with E-state index in [0.717, 1.165) is 16.3 Å². The number of carbonyl (C=O) groups excluding carboxylic acids is 1. The van der Waals surface area contributed by atoms with Gasteiger partial charge in [-0.2, -0.15) is 0 Å². The molecule has 0 bridgehead atoms. The summed E-state index contributed by atoms with van der Waals surface area (Å²) in [5, 5.41) is 5.55. The Bertz CT molecular complexity index is 329. The van der Waals surface area contributed by atoms with Crippen molar-refractivity contribution in [2.24, 2.45) is 0 Å². The molecule has 6 heteroatoms. The van der Waals surface area contributed by atoms with Gasteiger partial charge in [0.2, 0.25) is 5.91 Å². The van der Waals surface area contributed by atoms with Crippen LogP contribution >= 0.6 is 27.3 Å². The monoisotopic (exact) mass is 291 g/mol. The highest BCUT2D eigenvalue weighted by Crippen LogP contribution is 2.23. The Morgan fingerprint density at radius 1 is 1.67 bits per heavy atom. The van der Waals surface area contributed by atoms with E-state index in [4.69, 9.17) is 0 Å². The third-order valence-corrected chi connectivity index (χ3v) is 3.44. The van der Waals surface area contributed by atoms with E-state index in [1.54, 1.807) is 0 Å². The Balaban J connectivity index is 2.60. The summed E-state index contributed by atoms with van der Waals surface area (Å²) in [4.78, 5) is 17.6. The fourth-order valence-corrected chi connectivity index (χ4v) is 2.45. The second-order valence-corrected chi connectivity index (χ2v) is 4.57. The first-order valence-corrected chi connectivity index (χ1v) is 6.47. The van der Waals surface area contributed by atoms with Gasteiger partial charge < -0.3 is 10.2 Å². The van der Waals surface area contributed by atoms with Gasteiger partial charge in [0.25, 0.3) is 0 Å². The van der Waals surface area contributed by atoms with E-state index < -0.39 is 0 Å². The van der Waals surface area contributed by atoms with Crippen molar-refractivity contribution in [3.05, 3.63) is 9.98 Å². The van der Waals surface area contributed by atoms with Gasteiger partial charge in [-0.1, -0.05) is 0 Å². The van der Waals surface area contributed by atoms with Crippen LogP contribution in [0.2, 0.25) is 0 Å². The van der Waals surface area contributed by atoms with Crippen LogP contribution in [0.3, 0.4) is 0 Å². The third-order valence-electron chi connectivity index (χ3n) is 1.82. The highest BCUT2D eigenvalue weighted by atomic mass is 79.9. The molecule has 1 aromatic heterocycles. The fourth-order valence-electron chi connectivity index (χ4n) is 1.13. The van der Waals surface area contributed by atoms with Gasteiger partial charge in [0, 0.05) is 18.5 Å². The molecule has 0 spiro atoms. The van der Waals surface area contributed by atoms with E-state index in [0.29, 0.717) is 13.1 Å². The van der Waals surface area contributed by atoms with Crippen LogP contribution < -0.4 is 10.2 Å². The molecular formula is C9H14BrN3OS. The number of amides is 1. The molecule has 0 aliphatic heterocycles. The molecule has 4 nitrogen and oxygen atoms in total. The molecule has 0 saturated heterocycles. The summed E-state index contributed by atoms with van der Waals surface area (Å²) in [7, 11) is 0. The molecule has 84 valence electrons. The second-order valence-electron chi connectivity index (χ2n) is 2.92. The van der Waals surface area contributed by atoms with E-state index in [1.807, 2.05) is 24.1 Å². The van der Waals surface area contributed by atoms with Crippen LogP contribution in [0.25, 0.3) is 0 Å². The Morgan fingerprint density at radius 2 is 2.40 bits per heavy atom. The Hall–Kier alpha value is -0.620.